The van der Waals surface area contributed by atoms with Crippen molar-refractivity contribution in [1.82, 2.24) is 5.43 Å². The molecule has 1 aliphatic carbocycles. The second-order valence-electron chi connectivity index (χ2n) is 6.38. The van der Waals surface area contributed by atoms with Crippen LogP contribution in [0.4, 0.5) is 0 Å². The molecular formula is C21H24N2O2. The Bertz CT molecular complexity index is 707. The van der Waals surface area contributed by atoms with Gasteiger partial charge >= 0.3 is 0 Å². The van der Waals surface area contributed by atoms with E-state index in [0.29, 0.717) is 6.61 Å². The maximum Gasteiger partial charge on any atom is 0.243 e. The summed E-state index contributed by atoms with van der Waals surface area (Å²) in [7, 11) is 0. The molecule has 1 amide bonds. The first kappa shape index (κ1) is 17.2. The molecule has 0 unspecified atom stereocenters. The number of hydrogen-bond donors (Lipinski definition) is 1. The smallest absolute Gasteiger partial charge is 0.243 e. The molecule has 1 N–H and O–H groups in total. The summed E-state index contributed by atoms with van der Waals surface area (Å²) in [6.45, 7) is 0.500. The van der Waals surface area contributed by atoms with E-state index in [9.17, 15) is 4.79 Å². The largest absolute Gasteiger partial charge is 0.488 e. The summed E-state index contributed by atoms with van der Waals surface area (Å²) < 4.78 is 5.89. The molecule has 4 heteroatoms. The first-order chi connectivity index (χ1) is 12.3. The maximum atomic E-state index is 12.1. The van der Waals surface area contributed by atoms with Crippen LogP contribution in [0.1, 0.15) is 43.2 Å². The fourth-order valence-electron chi connectivity index (χ4n) is 3.08. The summed E-state index contributed by atoms with van der Waals surface area (Å²) in [6, 6.07) is 17.7. The van der Waals surface area contributed by atoms with Crippen molar-refractivity contribution in [2.75, 3.05) is 0 Å². The van der Waals surface area contributed by atoms with E-state index in [0.717, 1.165) is 42.6 Å². The van der Waals surface area contributed by atoms with Crippen LogP contribution in [0.2, 0.25) is 0 Å². The van der Waals surface area contributed by atoms with Crippen molar-refractivity contribution in [2.45, 2.75) is 38.7 Å². The highest BCUT2D eigenvalue weighted by Crippen LogP contribution is 2.23. The van der Waals surface area contributed by atoms with Crippen LogP contribution in [0.15, 0.2) is 59.7 Å². The third-order valence-corrected chi connectivity index (χ3v) is 4.51. The van der Waals surface area contributed by atoms with Crippen LogP contribution < -0.4 is 10.2 Å². The lowest BCUT2D eigenvalue weighted by Gasteiger charge is -2.19. The van der Waals surface area contributed by atoms with Gasteiger partial charge in [0.1, 0.15) is 12.4 Å². The molecule has 2 aromatic carbocycles. The van der Waals surface area contributed by atoms with Gasteiger partial charge in [0, 0.05) is 11.5 Å². The third-order valence-electron chi connectivity index (χ3n) is 4.51. The van der Waals surface area contributed by atoms with Gasteiger partial charge in [0.15, 0.2) is 0 Å². The SMILES string of the molecule is O=C(N/N=C\c1ccccc1OCc1ccccc1)C1CCCCC1. The van der Waals surface area contributed by atoms with Gasteiger partial charge in [0.25, 0.3) is 0 Å². The zero-order valence-electron chi connectivity index (χ0n) is 14.4. The highest BCUT2D eigenvalue weighted by atomic mass is 16.5. The Morgan fingerprint density at radius 1 is 1.04 bits per heavy atom. The Morgan fingerprint density at radius 2 is 1.76 bits per heavy atom. The summed E-state index contributed by atoms with van der Waals surface area (Å²) in [5.74, 6) is 0.885. The van der Waals surface area contributed by atoms with Crippen LogP contribution in [0.25, 0.3) is 0 Å². The Labute approximate surface area is 148 Å². The van der Waals surface area contributed by atoms with E-state index < -0.39 is 0 Å². The topological polar surface area (TPSA) is 50.7 Å². The second-order valence-corrected chi connectivity index (χ2v) is 6.38. The Hall–Kier alpha value is -2.62. The molecule has 0 aromatic heterocycles. The quantitative estimate of drug-likeness (QED) is 0.632. The molecule has 0 bridgehead atoms. The van der Waals surface area contributed by atoms with Gasteiger partial charge in [-0.2, -0.15) is 5.10 Å². The average Bonchev–Trinajstić information content (AvgIpc) is 2.68. The van der Waals surface area contributed by atoms with E-state index in [1.54, 1.807) is 6.21 Å². The lowest BCUT2D eigenvalue weighted by molar-refractivity contribution is -0.125. The fourth-order valence-corrected chi connectivity index (χ4v) is 3.08. The van der Waals surface area contributed by atoms with Gasteiger partial charge < -0.3 is 4.74 Å². The number of carbonyl (C=O) groups is 1. The molecule has 4 nitrogen and oxygen atoms in total. The van der Waals surface area contributed by atoms with Crippen LogP contribution in [0.3, 0.4) is 0 Å². The number of rotatable bonds is 6. The standard InChI is InChI=1S/C21H24N2O2/c24-21(18-11-5-2-6-12-18)23-22-15-19-13-7-8-14-20(19)25-16-17-9-3-1-4-10-17/h1,3-4,7-10,13-15,18H,2,5-6,11-12,16H2,(H,23,24)/b22-15-. The molecule has 1 aliphatic rings. The minimum atomic E-state index is 0.0265. The number of ether oxygens (including phenoxy) is 1. The Balaban J connectivity index is 1.57. The first-order valence-corrected chi connectivity index (χ1v) is 8.91. The monoisotopic (exact) mass is 336 g/mol. The molecule has 130 valence electrons. The minimum absolute atomic E-state index is 0.0265. The number of nitrogens with one attached hydrogen (secondary N) is 1. The van der Waals surface area contributed by atoms with Crippen molar-refractivity contribution < 1.29 is 9.53 Å². The van der Waals surface area contributed by atoms with Crippen LogP contribution in [-0.4, -0.2) is 12.1 Å². The van der Waals surface area contributed by atoms with Gasteiger partial charge in [-0.15, -0.1) is 0 Å². The van der Waals surface area contributed by atoms with Crippen LogP contribution >= 0.6 is 0 Å². The molecule has 1 saturated carbocycles. The molecule has 3 rings (SSSR count). The van der Waals surface area contributed by atoms with Gasteiger partial charge in [-0.25, -0.2) is 5.43 Å². The lowest BCUT2D eigenvalue weighted by atomic mass is 9.89. The number of para-hydroxylation sites is 1. The van der Waals surface area contributed by atoms with Crippen LogP contribution in [0, 0.1) is 5.92 Å². The zero-order valence-corrected chi connectivity index (χ0v) is 14.4. The third kappa shape index (κ3) is 5.18. The molecule has 25 heavy (non-hydrogen) atoms. The predicted molar refractivity (Wildman–Crippen MR) is 99.5 cm³/mol. The predicted octanol–water partition coefficient (Wildman–Crippen LogP) is 4.30. The van der Waals surface area contributed by atoms with Gasteiger partial charge in [0.2, 0.25) is 5.91 Å². The van der Waals surface area contributed by atoms with E-state index in [1.165, 1.54) is 6.42 Å². The number of hydrogen-bond acceptors (Lipinski definition) is 3. The highest BCUT2D eigenvalue weighted by Gasteiger charge is 2.20. The van der Waals surface area contributed by atoms with Crippen molar-refractivity contribution in [2.24, 2.45) is 11.0 Å². The molecule has 0 aliphatic heterocycles. The van der Waals surface area contributed by atoms with Crippen molar-refractivity contribution in [3.8, 4) is 5.75 Å². The van der Waals surface area contributed by atoms with Gasteiger partial charge in [-0.1, -0.05) is 61.7 Å². The molecule has 0 spiro atoms. The highest BCUT2D eigenvalue weighted by molar-refractivity contribution is 5.85. The van der Waals surface area contributed by atoms with Gasteiger partial charge in [-0.05, 0) is 30.5 Å². The number of hydrazone groups is 1. The molecule has 0 atom stereocenters. The number of carbonyl (C=O) groups excluding carboxylic acids is 1. The molecule has 1 fully saturated rings. The van der Waals surface area contributed by atoms with Crippen molar-refractivity contribution in [1.29, 1.82) is 0 Å². The summed E-state index contributed by atoms with van der Waals surface area (Å²) in [6.07, 6.45) is 7.10. The first-order valence-electron chi connectivity index (χ1n) is 8.91. The van der Waals surface area contributed by atoms with Crippen molar-refractivity contribution in [3.63, 3.8) is 0 Å². The average molecular weight is 336 g/mol. The van der Waals surface area contributed by atoms with E-state index in [4.69, 9.17) is 4.74 Å². The van der Waals surface area contributed by atoms with Crippen molar-refractivity contribution in [3.05, 3.63) is 65.7 Å². The molecule has 0 radical (unpaired) electrons. The molecule has 0 saturated heterocycles. The van der Waals surface area contributed by atoms with Crippen LogP contribution in [-0.2, 0) is 11.4 Å². The molecule has 0 heterocycles. The summed E-state index contributed by atoms with van der Waals surface area (Å²) >= 11 is 0. The summed E-state index contributed by atoms with van der Waals surface area (Å²) in [5.41, 5.74) is 4.64. The van der Waals surface area contributed by atoms with E-state index in [2.05, 4.69) is 10.5 Å². The Morgan fingerprint density at radius 3 is 2.56 bits per heavy atom. The normalized spacial score (nSPS) is 15.2. The van der Waals surface area contributed by atoms with Crippen LogP contribution in [0.5, 0.6) is 5.75 Å². The lowest BCUT2D eigenvalue weighted by Crippen LogP contribution is -2.28. The minimum Gasteiger partial charge on any atom is -0.488 e. The Kier molecular flexibility index (Phi) is 6.21. The summed E-state index contributed by atoms with van der Waals surface area (Å²) in [4.78, 5) is 12.1. The molecule has 2 aromatic rings. The second kappa shape index (κ2) is 9.02. The number of benzene rings is 2. The summed E-state index contributed by atoms with van der Waals surface area (Å²) in [5, 5.41) is 4.13. The van der Waals surface area contributed by atoms with Gasteiger partial charge in [-0.3, -0.25) is 4.79 Å². The van der Waals surface area contributed by atoms with E-state index in [-0.39, 0.29) is 11.8 Å². The van der Waals surface area contributed by atoms with Crippen molar-refractivity contribution >= 4 is 12.1 Å². The van der Waals surface area contributed by atoms with E-state index >= 15 is 0 Å². The zero-order chi connectivity index (χ0) is 17.3. The van der Waals surface area contributed by atoms with Gasteiger partial charge in [0.05, 0.1) is 6.21 Å². The fraction of sp³-hybridized carbons (Fsp3) is 0.333. The molecular weight excluding hydrogens is 312 g/mol. The number of nitrogens with zero attached hydrogens (tertiary/aromatic N) is 1. The van der Waals surface area contributed by atoms with E-state index in [1.807, 2.05) is 54.6 Å². The number of amides is 1. The maximum absolute atomic E-state index is 12.1.